The van der Waals surface area contributed by atoms with E-state index in [0.717, 1.165) is 48.6 Å². The van der Waals surface area contributed by atoms with Gasteiger partial charge in [-0.05, 0) is 62.2 Å². The average molecular weight is 435 g/mol. The van der Waals surface area contributed by atoms with Crippen molar-refractivity contribution < 1.29 is 13.2 Å². The quantitative estimate of drug-likeness (QED) is 0.750. The van der Waals surface area contributed by atoms with E-state index in [-0.39, 0.29) is 22.8 Å². The second kappa shape index (κ2) is 9.28. The summed E-state index contributed by atoms with van der Waals surface area (Å²) in [5.74, 6) is 0.0531. The van der Waals surface area contributed by atoms with Gasteiger partial charge >= 0.3 is 0 Å². The molecular formula is C22H27ClN2O3S. The van der Waals surface area contributed by atoms with E-state index in [1.807, 2.05) is 31.2 Å². The van der Waals surface area contributed by atoms with Crippen LogP contribution in [-0.4, -0.2) is 38.6 Å². The summed E-state index contributed by atoms with van der Waals surface area (Å²) in [5, 5.41) is 3.85. The van der Waals surface area contributed by atoms with E-state index >= 15 is 0 Å². The van der Waals surface area contributed by atoms with E-state index in [4.69, 9.17) is 11.6 Å². The fourth-order valence-corrected chi connectivity index (χ4v) is 4.47. The molecule has 0 saturated carbocycles. The van der Waals surface area contributed by atoms with E-state index in [1.165, 1.54) is 6.26 Å². The molecule has 1 heterocycles. The highest BCUT2D eigenvalue weighted by Crippen LogP contribution is 2.23. The Labute approximate surface area is 178 Å². The summed E-state index contributed by atoms with van der Waals surface area (Å²) in [7, 11) is -3.22. The Morgan fingerprint density at radius 3 is 2.34 bits per heavy atom. The number of hydrogen-bond acceptors (Lipinski definition) is 4. The van der Waals surface area contributed by atoms with E-state index in [2.05, 4.69) is 10.2 Å². The van der Waals surface area contributed by atoms with Gasteiger partial charge in [0.1, 0.15) is 0 Å². The number of piperidine rings is 1. The maximum absolute atomic E-state index is 12.7. The Bertz CT molecular complexity index is 952. The van der Waals surface area contributed by atoms with Crippen molar-refractivity contribution in [2.45, 2.75) is 37.2 Å². The molecule has 0 bridgehead atoms. The highest BCUT2D eigenvalue weighted by atomic mass is 35.5. The van der Waals surface area contributed by atoms with Crippen LogP contribution in [0.5, 0.6) is 0 Å². The fraction of sp³-hybridized carbons (Fsp3) is 0.409. The van der Waals surface area contributed by atoms with Gasteiger partial charge in [-0.2, -0.15) is 0 Å². The van der Waals surface area contributed by atoms with Crippen LogP contribution >= 0.6 is 11.6 Å². The molecule has 1 saturated heterocycles. The van der Waals surface area contributed by atoms with E-state index in [9.17, 15) is 13.2 Å². The molecule has 1 amide bonds. The van der Waals surface area contributed by atoms with Gasteiger partial charge in [-0.1, -0.05) is 41.9 Å². The lowest BCUT2D eigenvalue weighted by atomic mass is 9.95. The number of halogens is 1. The molecule has 1 N–H and O–H groups in total. The summed E-state index contributed by atoms with van der Waals surface area (Å²) >= 11 is 6.25. The van der Waals surface area contributed by atoms with Crippen LogP contribution in [0.3, 0.4) is 0 Å². The molecule has 1 aliphatic heterocycles. The summed E-state index contributed by atoms with van der Waals surface area (Å²) in [5.41, 5.74) is 2.00. The molecule has 2 aromatic carbocycles. The minimum absolute atomic E-state index is 0.00441. The third-order valence-corrected chi connectivity index (χ3v) is 6.97. The van der Waals surface area contributed by atoms with Crippen molar-refractivity contribution in [3.05, 3.63) is 64.7 Å². The molecule has 1 fully saturated rings. The van der Waals surface area contributed by atoms with Crippen LogP contribution in [0.15, 0.2) is 53.4 Å². The summed E-state index contributed by atoms with van der Waals surface area (Å²) in [6.07, 6.45) is 2.82. The van der Waals surface area contributed by atoms with Crippen molar-refractivity contribution >= 4 is 27.3 Å². The molecule has 1 atom stereocenters. The zero-order valence-corrected chi connectivity index (χ0v) is 18.3. The van der Waals surface area contributed by atoms with Gasteiger partial charge in [0, 0.05) is 23.7 Å². The molecule has 0 radical (unpaired) electrons. The van der Waals surface area contributed by atoms with Gasteiger partial charge in [0.25, 0.3) is 0 Å². The van der Waals surface area contributed by atoms with Crippen LogP contribution in [-0.2, 0) is 21.2 Å². The van der Waals surface area contributed by atoms with Crippen molar-refractivity contribution in [2.24, 2.45) is 5.92 Å². The molecular weight excluding hydrogens is 408 g/mol. The number of likely N-dealkylation sites (tertiary alicyclic amines) is 1. The lowest BCUT2D eigenvalue weighted by Crippen LogP contribution is -2.40. The van der Waals surface area contributed by atoms with Crippen LogP contribution in [0.2, 0.25) is 5.02 Å². The van der Waals surface area contributed by atoms with Crippen molar-refractivity contribution in [2.75, 3.05) is 19.3 Å². The van der Waals surface area contributed by atoms with Crippen LogP contribution in [0, 0.1) is 5.92 Å². The zero-order valence-electron chi connectivity index (χ0n) is 16.8. The van der Waals surface area contributed by atoms with Gasteiger partial charge in [-0.25, -0.2) is 8.42 Å². The predicted octanol–water partition coefficient (Wildman–Crippen LogP) is 3.83. The van der Waals surface area contributed by atoms with Gasteiger partial charge < -0.3 is 5.32 Å². The molecule has 0 aromatic heterocycles. The Kier molecular flexibility index (Phi) is 6.98. The van der Waals surface area contributed by atoms with Gasteiger partial charge in [0.2, 0.25) is 5.91 Å². The topological polar surface area (TPSA) is 66.5 Å². The van der Waals surface area contributed by atoms with Gasteiger partial charge in [-0.15, -0.1) is 0 Å². The predicted molar refractivity (Wildman–Crippen MR) is 116 cm³/mol. The number of nitrogens with zero attached hydrogens (tertiary/aromatic N) is 1. The first-order chi connectivity index (χ1) is 13.7. The lowest BCUT2D eigenvalue weighted by molar-refractivity contribution is -0.127. The standard InChI is InChI=1S/C22H27ClN2O3S/c1-16(17-7-9-20(10-8-17)29(2,27)28)24-22(26)18-11-13-25(14-12-18)15-19-5-3-4-6-21(19)23/h3-10,16,18H,11-15H2,1-2H3,(H,24,26)/t16-/m0/s1. The van der Waals surface area contributed by atoms with E-state index in [0.29, 0.717) is 0 Å². The Balaban J connectivity index is 1.51. The smallest absolute Gasteiger partial charge is 0.223 e. The van der Waals surface area contributed by atoms with Crippen molar-refractivity contribution in [1.29, 1.82) is 0 Å². The number of amides is 1. The van der Waals surface area contributed by atoms with Gasteiger partial charge in [-0.3, -0.25) is 9.69 Å². The molecule has 0 spiro atoms. The molecule has 2 aromatic rings. The number of sulfone groups is 1. The first kappa shape index (κ1) is 21.8. The van der Waals surface area contributed by atoms with E-state index < -0.39 is 9.84 Å². The minimum atomic E-state index is -3.22. The minimum Gasteiger partial charge on any atom is -0.349 e. The maximum atomic E-state index is 12.7. The molecule has 29 heavy (non-hydrogen) atoms. The third-order valence-electron chi connectivity index (χ3n) is 5.48. The average Bonchev–Trinajstić information content (AvgIpc) is 2.69. The fourth-order valence-electron chi connectivity index (χ4n) is 3.64. The van der Waals surface area contributed by atoms with E-state index in [1.54, 1.807) is 24.3 Å². The molecule has 156 valence electrons. The normalized spacial score (nSPS) is 17.1. The molecule has 5 nitrogen and oxygen atoms in total. The number of hydrogen-bond donors (Lipinski definition) is 1. The number of carbonyl (C=O) groups excluding carboxylic acids is 1. The van der Waals surface area contributed by atoms with Crippen molar-refractivity contribution in [3.63, 3.8) is 0 Å². The van der Waals surface area contributed by atoms with Crippen molar-refractivity contribution in [3.8, 4) is 0 Å². The highest BCUT2D eigenvalue weighted by molar-refractivity contribution is 7.90. The SMILES string of the molecule is C[C@H](NC(=O)C1CCN(Cc2ccccc2Cl)CC1)c1ccc(S(C)(=O)=O)cc1. The Morgan fingerprint density at radius 1 is 1.14 bits per heavy atom. The summed E-state index contributed by atoms with van der Waals surface area (Å²) in [6, 6.07) is 14.4. The Morgan fingerprint density at radius 2 is 1.76 bits per heavy atom. The van der Waals surface area contributed by atoms with Crippen molar-refractivity contribution in [1.82, 2.24) is 10.2 Å². The highest BCUT2D eigenvalue weighted by Gasteiger charge is 2.26. The summed E-state index contributed by atoms with van der Waals surface area (Å²) in [4.78, 5) is 15.3. The number of rotatable bonds is 6. The van der Waals surface area contributed by atoms with Gasteiger partial charge in [0.15, 0.2) is 9.84 Å². The maximum Gasteiger partial charge on any atom is 0.223 e. The first-order valence-electron chi connectivity index (χ1n) is 9.80. The number of benzene rings is 2. The van der Waals surface area contributed by atoms with Crippen LogP contribution in [0.25, 0.3) is 0 Å². The van der Waals surface area contributed by atoms with Crippen LogP contribution in [0.4, 0.5) is 0 Å². The summed E-state index contributed by atoms with van der Waals surface area (Å²) in [6.45, 7) is 4.44. The molecule has 7 heteroatoms. The molecule has 0 aliphatic carbocycles. The second-order valence-corrected chi connectivity index (χ2v) is 10.1. The monoisotopic (exact) mass is 434 g/mol. The Hall–Kier alpha value is -1.89. The molecule has 1 aliphatic rings. The molecule has 0 unspecified atom stereocenters. The number of carbonyl (C=O) groups is 1. The lowest BCUT2D eigenvalue weighted by Gasteiger charge is -2.32. The third kappa shape index (κ3) is 5.81. The number of nitrogens with one attached hydrogen (secondary N) is 1. The second-order valence-electron chi connectivity index (χ2n) is 7.71. The van der Waals surface area contributed by atoms with Crippen LogP contribution in [0.1, 0.15) is 36.9 Å². The summed E-state index contributed by atoms with van der Waals surface area (Å²) < 4.78 is 23.2. The largest absolute Gasteiger partial charge is 0.349 e. The molecule has 3 rings (SSSR count). The van der Waals surface area contributed by atoms with Crippen LogP contribution < -0.4 is 5.32 Å². The van der Waals surface area contributed by atoms with Gasteiger partial charge in [0.05, 0.1) is 10.9 Å². The zero-order chi connectivity index (χ0) is 21.0. The first-order valence-corrected chi connectivity index (χ1v) is 12.1.